The Morgan fingerprint density at radius 1 is 1.62 bits per heavy atom. The smallest absolute Gasteiger partial charge is 0.346 e. The van der Waals surface area contributed by atoms with Crippen LogP contribution in [0.2, 0.25) is 0 Å². The van der Waals surface area contributed by atoms with Gasteiger partial charge in [-0.1, -0.05) is 0 Å². The van der Waals surface area contributed by atoms with Crippen molar-refractivity contribution in [2.45, 2.75) is 0 Å². The van der Waals surface area contributed by atoms with Crippen LogP contribution >= 0.6 is 0 Å². The molecule has 0 bridgehead atoms. The number of carbonyl (C=O) groups excluding carboxylic acids is 1. The molecule has 0 aromatic heterocycles. The molecule has 0 aliphatic rings. The molecule has 0 spiro atoms. The molecule has 0 heterocycles. The van der Waals surface area contributed by atoms with Gasteiger partial charge in [-0.05, 0) is 0 Å². The third-order valence-electron chi connectivity index (χ3n) is 0.310. The van der Waals surface area contributed by atoms with Crippen LogP contribution in [0.15, 0.2) is 4.36 Å². The summed E-state index contributed by atoms with van der Waals surface area (Å²) in [4.78, 5) is 9.89. The first-order valence-electron chi connectivity index (χ1n) is 1.88. The third kappa shape index (κ3) is 5.42. The molecule has 0 fully saturated rings. The standard InChI is InChI=1S/C3H8N2O2S/c1-8(2,7)5-3(4)6/h1-2H3,(H2,4,6). The Balaban J connectivity index is 4.44. The molecule has 0 saturated heterocycles. The minimum absolute atomic E-state index is 0.875. The van der Waals surface area contributed by atoms with Gasteiger partial charge in [0.05, 0.1) is 9.73 Å². The van der Waals surface area contributed by atoms with E-state index in [4.69, 9.17) is 0 Å². The zero-order chi connectivity index (χ0) is 6.78. The lowest BCUT2D eigenvalue weighted by atomic mass is 11.2. The van der Waals surface area contributed by atoms with Crippen molar-refractivity contribution in [1.82, 2.24) is 0 Å². The van der Waals surface area contributed by atoms with E-state index in [1.807, 2.05) is 0 Å². The van der Waals surface area contributed by atoms with Crippen LogP contribution in [0, 0.1) is 0 Å². The average molecular weight is 136 g/mol. The molecule has 4 nitrogen and oxygen atoms in total. The fourth-order valence-corrected chi connectivity index (χ4v) is 0.650. The van der Waals surface area contributed by atoms with E-state index in [-0.39, 0.29) is 0 Å². The van der Waals surface area contributed by atoms with Gasteiger partial charge < -0.3 is 5.73 Å². The molecule has 5 heteroatoms. The summed E-state index contributed by atoms with van der Waals surface area (Å²) in [6.45, 7) is 0. The molecule has 2 amide bonds. The van der Waals surface area contributed by atoms with Gasteiger partial charge in [-0.25, -0.2) is 9.00 Å². The van der Waals surface area contributed by atoms with Crippen molar-refractivity contribution in [1.29, 1.82) is 0 Å². The maximum atomic E-state index is 10.5. The molecule has 0 saturated carbocycles. The molecule has 0 aromatic rings. The molecule has 0 radical (unpaired) electrons. The number of hydrogen-bond donors (Lipinski definition) is 1. The van der Waals surface area contributed by atoms with Crippen molar-refractivity contribution in [2.24, 2.45) is 10.1 Å². The summed E-state index contributed by atoms with van der Waals surface area (Å²) in [5.41, 5.74) is 4.59. The molecular formula is C3H8N2O2S. The molecule has 0 aliphatic carbocycles. The lowest BCUT2D eigenvalue weighted by Gasteiger charge is -1.86. The van der Waals surface area contributed by atoms with Crippen molar-refractivity contribution in [3.63, 3.8) is 0 Å². The van der Waals surface area contributed by atoms with E-state index >= 15 is 0 Å². The number of primary amides is 1. The van der Waals surface area contributed by atoms with E-state index in [2.05, 4.69) is 10.1 Å². The molecule has 48 valence electrons. The van der Waals surface area contributed by atoms with Crippen LogP contribution in [0.5, 0.6) is 0 Å². The van der Waals surface area contributed by atoms with Gasteiger partial charge in [-0.15, -0.1) is 4.36 Å². The van der Waals surface area contributed by atoms with E-state index in [9.17, 15) is 9.00 Å². The molecule has 0 unspecified atom stereocenters. The molecule has 0 rings (SSSR count). The van der Waals surface area contributed by atoms with E-state index in [0.29, 0.717) is 0 Å². The van der Waals surface area contributed by atoms with Gasteiger partial charge in [0.1, 0.15) is 0 Å². The van der Waals surface area contributed by atoms with Crippen LogP contribution in [0.25, 0.3) is 0 Å². The molecular weight excluding hydrogens is 128 g/mol. The van der Waals surface area contributed by atoms with E-state index in [1.54, 1.807) is 0 Å². The van der Waals surface area contributed by atoms with E-state index in [1.165, 1.54) is 12.5 Å². The number of rotatable bonds is 0. The second-order valence-corrected chi connectivity index (χ2v) is 4.16. The fraction of sp³-hybridized carbons (Fsp3) is 0.667. The SMILES string of the molecule is CS(C)(=O)=NC(N)=O. The topological polar surface area (TPSA) is 72.5 Å². The maximum Gasteiger partial charge on any atom is 0.346 e. The first kappa shape index (κ1) is 7.42. The second-order valence-electron chi connectivity index (χ2n) is 1.61. The number of carbonyl (C=O) groups is 1. The third-order valence-corrected chi connectivity index (χ3v) is 0.929. The van der Waals surface area contributed by atoms with Gasteiger partial charge >= 0.3 is 6.03 Å². The summed E-state index contributed by atoms with van der Waals surface area (Å²) >= 11 is 0. The molecule has 8 heavy (non-hydrogen) atoms. The van der Waals surface area contributed by atoms with Gasteiger partial charge in [-0.2, -0.15) is 0 Å². The summed E-state index contributed by atoms with van der Waals surface area (Å²) in [6.07, 6.45) is 2.69. The molecule has 0 atom stereocenters. The highest BCUT2D eigenvalue weighted by Crippen LogP contribution is 1.80. The Morgan fingerprint density at radius 2 is 2.00 bits per heavy atom. The number of amides is 2. The normalized spacial score (nSPS) is 10.8. The number of nitrogens with zero attached hydrogens (tertiary/aromatic N) is 1. The number of hydrogen-bond acceptors (Lipinski definition) is 2. The van der Waals surface area contributed by atoms with Gasteiger partial charge in [0.25, 0.3) is 0 Å². The first-order valence-corrected chi connectivity index (χ1v) is 4.21. The second kappa shape index (κ2) is 2.13. The van der Waals surface area contributed by atoms with Crippen LogP contribution in [-0.4, -0.2) is 22.8 Å². The van der Waals surface area contributed by atoms with Crippen molar-refractivity contribution in [3.8, 4) is 0 Å². The van der Waals surface area contributed by atoms with Gasteiger partial charge in [0, 0.05) is 12.5 Å². The Labute approximate surface area is 48.2 Å². The highest BCUT2D eigenvalue weighted by atomic mass is 32.2. The summed E-state index contributed by atoms with van der Waals surface area (Å²) in [5, 5.41) is 0. The monoisotopic (exact) mass is 136 g/mol. The lowest BCUT2D eigenvalue weighted by molar-refractivity contribution is 0.257. The quantitative estimate of drug-likeness (QED) is 0.500. The van der Waals surface area contributed by atoms with Crippen molar-refractivity contribution in [3.05, 3.63) is 0 Å². The summed E-state index contributed by atoms with van der Waals surface area (Å²) in [6, 6.07) is -0.875. The number of urea groups is 1. The Bertz CT molecular complexity index is 193. The van der Waals surface area contributed by atoms with Crippen LogP contribution in [-0.2, 0) is 9.73 Å². The van der Waals surface area contributed by atoms with Crippen molar-refractivity contribution in [2.75, 3.05) is 12.5 Å². The van der Waals surface area contributed by atoms with E-state index in [0.717, 1.165) is 0 Å². The first-order chi connectivity index (χ1) is 3.42. The maximum absolute atomic E-state index is 10.5. The Morgan fingerprint density at radius 3 is 2.00 bits per heavy atom. The molecule has 2 N–H and O–H groups in total. The van der Waals surface area contributed by atoms with Gasteiger partial charge in [0.2, 0.25) is 0 Å². The Hall–Kier alpha value is -0.580. The summed E-state index contributed by atoms with van der Waals surface area (Å²) < 4.78 is 13.6. The summed E-state index contributed by atoms with van der Waals surface area (Å²) in [5.74, 6) is 0. The minimum Gasteiger partial charge on any atom is -0.349 e. The Kier molecular flexibility index (Phi) is 1.97. The highest BCUT2D eigenvalue weighted by Gasteiger charge is 1.90. The zero-order valence-corrected chi connectivity index (χ0v) is 5.57. The van der Waals surface area contributed by atoms with Gasteiger partial charge in [-0.3, -0.25) is 0 Å². The van der Waals surface area contributed by atoms with Crippen LogP contribution in [0.3, 0.4) is 0 Å². The fourth-order valence-electron chi connectivity index (χ4n) is 0.217. The van der Waals surface area contributed by atoms with Crippen molar-refractivity contribution < 1.29 is 9.00 Å². The van der Waals surface area contributed by atoms with Crippen LogP contribution < -0.4 is 5.73 Å². The summed E-state index contributed by atoms with van der Waals surface area (Å²) in [7, 11) is -2.32. The molecule has 0 aromatic carbocycles. The number of nitrogens with two attached hydrogens (primary N) is 1. The molecule has 0 aliphatic heterocycles. The highest BCUT2D eigenvalue weighted by molar-refractivity contribution is 7.92. The zero-order valence-electron chi connectivity index (χ0n) is 4.75. The van der Waals surface area contributed by atoms with Gasteiger partial charge in [0.15, 0.2) is 0 Å². The van der Waals surface area contributed by atoms with E-state index < -0.39 is 15.8 Å². The largest absolute Gasteiger partial charge is 0.349 e. The van der Waals surface area contributed by atoms with Crippen molar-refractivity contribution >= 4 is 15.8 Å². The minimum atomic E-state index is -2.32. The predicted octanol–water partition coefficient (Wildman–Crippen LogP) is -0.207. The predicted molar refractivity (Wildman–Crippen MR) is 32.0 cm³/mol. The average Bonchev–Trinajstić information content (AvgIpc) is 1.21. The lowest BCUT2D eigenvalue weighted by Crippen LogP contribution is -2.07. The van der Waals surface area contributed by atoms with Crippen LogP contribution in [0.4, 0.5) is 4.79 Å². The van der Waals surface area contributed by atoms with Crippen LogP contribution in [0.1, 0.15) is 0 Å².